The predicted octanol–water partition coefficient (Wildman–Crippen LogP) is 1.25. The molecule has 12 heavy (non-hydrogen) atoms. The molecular weight excluding hydrogens is 176 g/mol. The van der Waals surface area contributed by atoms with Gasteiger partial charge < -0.3 is 0 Å². The average molecular weight is 183 g/mol. The highest BCUT2D eigenvalue weighted by Gasteiger charge is 2.25. The van der Waals surface area contributed by atoms with Gasteiger partial charge in [0.15, 0.2) is 0 Å². The molecule has 0 fully saturated rings. The number of anilines is 1. The quantitative estimate of drug-likeness (QED) is 0.566. The van der Waals surface area contributed by atoms with E-state index < -0.39 is 0 Å². The maximum atomic E-state index is 11.2. The van der Waals surface area contributed by atoms with Crippen LogP contribution < -0.4 is 4.90 Å². The van der Waals surface area contributed by atoms with Crippen LogP contribution in [-0.2, 0) is 11.2 Å². The van der Waals surface area contributed by atoms with Crippen molar-refractivity contribution < 1.29 is 4.79 Å². The zero-order valence-corrected chi connectivity index (χ0v) is 7.30. The molecule has 1 amide bonds. The lowest BCUT2D eigenvalue weighted by molar-refractivity contribution is -0.117. The largest absolute Gasteiger partial charge is 0.299 e. The van der Waals surface area contributed by atoms with E-state index in [9.17, 15) is 4.79 Å². The average Bonchev–Trinajstić information content (AvgIpc) is 2.31. The summed E-state index contributed by atoms with van der Waals surface area (Å²) in [6.07, 6.45) is 0.440. The van der Waals surface area contributed by atoms with E-state index in [4.69, 9.17) is 11.6 Å². The summed E-state index contributed by atoms with van der Waals surface area (Å²) in [7, 11) is 1.71. The molecule has 0 unspecified atom stereocenters. The van der Waals surface area contributed by atoms with Crippen LogP contribution in [0.5, 0.6) is 0 Å². The normalized spacial score (nSPS) is 15.2. The molecular formula is C8H7ClN2O. The molecule has 0 aliphatic carbocycles. The minimum atomic E-state index is 0.0692. The van der Waals surface area contributed by atoms with E-state index in [1.807, 2.05) is 6.07 Å². The summed E-state index contributed by atoms with van der Waals surface area (Å²) >= 11 is 5.69. The minimum Gasteiger partial charge on any atom is -0.299 e. The smallest absolute Gasteiger partial charge is 0.232 e. The second-order valence-electron chi connectivity index (χ2n) is 2.75. The first-order valence-corrected chi connectivity index (χ1v) is 3.98. The minimum absolute atomic E-state index is 0.0692. The van der Waals surface area contributed by atoms with Gasteiger partial charge in [-0.2, -0.15) is 0 Å². The topological polar surface area (TPSA) is 33.2 Å². The van der Waals surface area contributed by atoms with Crippen LogP contribution >= 0.6 is 11.6 Å². The maximum absolute atomic E-state index is 11.2. The third kappa shape index (κ3) is 0.975. The van der Waals surface area contributed by atoms with Gasteiger partial charge in [0.2, 0.25) is 5.91 Å². The van der Waals surface area contributed by atoms with Crippen LogP contribution in [0.25, 0.3) is 0 Å². The Balaban J connectivity index is 2.55. The molecule has 4 heteroatoms. The number of halogens is 1. The number of amides is 1. The Morgan fingerprint density at radius 1 is 1.58 bits per heavy atom. The van der Waals surface area contributed by atoms with Crippen LogP contribution in [-0.4, -0.2) is 17.9 Å². The van der Waals surface area contributed by atoms with E-state index in [2.05, 4.69) is 4.98 Å². The van der Waals surface area contributed by atoms with E-state index in [0.717, 1.165) is 5.56 Å². The summed E-state index contributed by atoms with van der Waals surface area (Å²) in [5, 5.41) is 0.426. The maximum Gasteiger partial charge on any atom is 0.232 e. The first-order valence-electron chi connectivity index (χ1n) is 3.60. The van der Waals surface area contributed by atoms with Gasteiger partial charge in [-0.05, 0) is 6.07 Å². The highest BCUT2D eigenvalue weighted by atomic mass is 35.5. The van der Waals surface area contributed by atoms with Crippen molar-refractivity contribution in [2.45, 2.75) is 6.42 Å². The number of pyridine rings is 1. The number of nitrogens with zero attached hydrogens (tertiary/aromatic N) is 2. The summed E-state index contributed by atoms with van der Waals surface area (Å²) in [5.41, 5.74) is 0.951. The van der Waals surface area contributed by atoms with Crippen molar-refractivity contribution in [2.75, 3.05) is 11.9 Å². The summed E-state index contributed by atoms with van der Waals surface area (Å²) in [6, 6.07) is 3.54. The molecule has 2 rings (SSSR count). The Kier molecular flexibility index (Phi) is 1.54. The summed E-state index contributed by atoms with van der Waals surface area (Å²) in [5.74, 6) is 0.757. The fraction of sp³-hybridized carbons (Fsp3) is 0.250. The van der Waals surface area contributed by atoms with E-state index in [-0.39, 0.29) is 5.91 Å². The lowest BCUT2D eigenvalue weighted by Crippen LogP contribution is -2.21. The van der Waals surface area contributed by atoms with E-state index >= 15 is 0 Å². The van der Waals surface area contributed by atoms with Gasteiger partial charge in [-0.1, -0.05) is 17.7 Å². The number of carbonyl (C=O) groups excluding carboxylic acids is 1. The molecule has 0 bridgehead atoms. The Morgan fingerprint density at radius 3 is 3.08 bits per heavy atom. The second kappa shape index (κ2) is 2.45. The van der Waals surface area contributed by atoms with Crippen molar-refractivity contribution in [1.29, 1.82) is 0 Å². The van der Waals surface area contributed by atoms with Crippen LogP contribution in [0.15, 0.2) is 12.1 Å². The van der Waals surface area contributed by atoms with Gasteiger partial charge in [0, 0.05) is 12.6 Å². The van der Waals surface area contributed by atoms with E-state index in [1.54, 1.807) is 13.1 Å². The zero-order chi connectivity index (χ0) is 8.72. The Labute approximate surface area is 75.0 Å². The summed E-state index contributed by atoms with van der Waals surface area (Å²) < 4.78 is 0. The van der Waals surface area contributed by atoms with Crippen molar-refractivity contribution in [2.24, 2.45) is 0 Å². The number of rotatable bonds is 0. The molecule has 0 N–H and O–H groups in total. The molecule has 62 valence electrons. The van der Waals surface area contributed by atoms with Gasteiger partial charge in [-0.25, -0.2) is 4.98 Å². The summed E-state index contributed by atoms with van der Waals surface area (Å²) in [6.45, 7) is 0. The lowest BCUT2D eigenvalue weighted by Gasteiger charge is -2.07. The van der Waals surface area contributed by atoms with Crippen LogP contribution in [0, 0.1) is 0 Å². The molecule has 1 aromatic rings. The van der Waals surface area contributed by atoms with Gasteiger partial charge in [0.05, 0.1) is 6.42 Å². The summed E-state index contributed by atoms with van der Waals surface area (Å²) in [4.78, 5) is 16.8. The Hall–Kier alpha value is -1.09. The molecule has 1 aromatic heterocycles. The molecule has 0 atom stereocenters. The van der Waals surface area contributed by atoms with Gasteiger partial charge >= 0.3 is 0 Å². The first-order chi connectivity index (χ1) is 5.68. The molecule has 1 aliphatic rings. The molecule has 0 radical (unpaired) electrons. The van der Waals surface area contributed by atoms with Gasteiger partial charge in [0.25, 0.3) is 0 Å². The van der Waals surface area contributed by atoms with Crippen LogP contribution in [0.1, 0.15) is 5.56 Å². The van der Waals surface area contributed by atoms with Crippen molar-refractivity contribution in [1.82, 2.24) is 4.98 Å². The number of hydrogen-bond acceptors (Lipinski definition) is 2. The fourth-order valence-corrected chi connectivity index (χ4v) is 1.43. The number of hydrogen-bond donors (Lipinski definition) is 0. The van der Waals surface area contributed by atoms with Crippen molar-refractivity contribution in [3.05, 3.63) is 22.8 Å². The Bertz CT molecular complexity index is 351. The Morgan fingerprint density at radius 2 is 2.33 bits per heavy atom. The SMILES string of the molecule is CN1C(=O)Cc2ccc(Cl)nc21. The molecule has 0 spiro atoms. The third-order valence-electron chi connectivity index (χ3n) is 1.96. The number of carbonyl (C=O) groups is 1. The standard InChI is InChI=1S/C8H7ClN2O/c1-11-7(12)4-5-2-3-6(9)10-8(5)11/h2-3H,4H2,1H3. The molecule has 1 aliphatic heterocycles. The van der Waals surface area contributed by atoms with Crippen molar-refractivity contribution >= 4 is 23.3 Å². The predicted molar refractivity (Wildman–Crippen MR) is 46.4 cm³/mol. The number of aromatic nitrogens is 1. The highest BCUT2D eigenvalue weighted by Crippen LogP contribution is 2.26. The van der Waals surface area contributed by atoms with Gasteiger partial charge in [0.1, 0.15) is 11.0 Å². The van der Waals surface area contributed by atoms with E-state index in [0.29, 0.717) is 17.4 Å². The monoisotopic (exact) mass is 182 g/mol. The number of likely N-dealkylation sites (N-methyl/N-ethyl adjacent to an activating group) is 1. The zero-order valence-electron chi connectivity index (χ0n) is 6.54. The fourth-order valence-electron chi connectivity index (χ4n) is 1.28. The van der Waals surface area contributed by atoms with Crippen molar-refractivity contribution in [3.63, 3.8) is 0 Å². The number of fused-ring (bicyclic) bond motifs is 1. The molecule has 0 saturated carbocycles. The second-order valence-corrected chi connectivity index (χ2v) is 3.13. The van der Waals surface area contributed by atoms with Gasteiger partial charge in [-0.3, -0.25) is 9.69 Å². The van der Waals surface area contributed by atoms with Crippen LogP contribution in [0.4, 0.5) is 5.82 Å². The van der Waals surface area contributed by atoms with Crippen LogP contribution in [0.3, 0.4) is 0 Å². The molecule has 0 saturated heterocycles. The lowest BCUT2D eigenvalue weighted by atomic mass is 10.2. The molecule has 3 nitrogen and oxygen atoms in total. The van der Waals surface area contributed by atoms with E-state index in [1.165, 1.54) is 4.90 Å². The third-order valence-corrected chi connectivity index (χ3v) is 2.17. The molecule has 0 aromatic carbocycles. The highest BCUT2D eigenvalue weighted by molar-refractivity contribution is 6.29. The van der Waals surface area contributed by atoms with Crippen LogP contribution in [0.2, 0.25) is 5.15 Å². The van der Waals surface area contributed by atoms with Gasteiger partial charge in [-0.15, -0.1) is 0 Å². The van der Waals surface area contributed by atoms with Crippen molar-refractivity contribution in [3.8, 4) is 0 Å². The first kappa shape index (κ1) is 7.55. The molecule has 2 heterocycles.